The second-order valence-corrected chi connectivity index (χ2v) is 6.14. The zero-order chi connectivity index (χ0) is 16.6. The first kappa shape index (κ1) is 18.2. The molecular formula is C14H21NO6S. The predicted octanol–water partition coefficient (Wildman–Crippen LogP) is 1.63. The summed E-state index contributed by atoms with van der Waals surface area (Å²) < 4.78 is 37.4. The van der Waals surface area contributed by atoms with Crippen LogP contribution in [0.25, 0.3) is 0 Å². The van der Waals surface area contributed by atoms with E-state index in [2.05, 4.69) is 4.72 Å². The third kappa shape index (κ3) is 5.53. The highest BCUT2D eigenvalue weighted by molar-refractivity contribution is 7.89. The Kier molecular flexibility index (Phi) is 7.13. The van der Waals surface area contributed by atoms with Crippen molar-refractivity contribution in [2.24, 2.45) is 0 Å². The Morgan fingerprint density at radius 3 is 2.41 bits per heavy atom. The summed E-state index contributed by atoms with van der Waals surface area (Å²) in [4.78, 5) is 10.5. The van der Waals surface area contributed by atoms with Crippen molar-refractivity contribution in [1.29, 1.82) is 0 Å². The molecule has 0 fully saturated rings. The lowest BCUT2D eigenvalue weighted by atomic mass is 10.3. The van der Waals surface area contributed by atoms with Crippen molar-refractivity contribution in [1.82, 2.24) is 4.72 Å². The maximum atomic E-state index is 12.1. The van der Waals surface area contributed by atoms with Gasteiger partial charge in [0.25, 0.3) is 0 Å². The van der Waals surface area contributed by atoms with Crippen LogP contribution in [-0.4, -0.2) is 39.3 Å². The number of nitrogens with one attached hydrogen (secondary N) is 1. The monoisotopic (exact) mass is 331 g/mol. The number of hydrogen-bond donors (Lipinski definition) is 2. The van der Waals surface area contributed by atoms with Crippen molar-refractivity contribution >= 4 is 16.0 Å². The number of hydrogen-bond acceptors (Lipinski definition) is 5. The Hall–Kier alpha value is -1.80. The predicted molar refractivity (Wildman–Crippen MR) is 80.8 cm³/mol. The van der Waals surface area contributed by atoms with Crippen LogP contribution in [0.15, 0.2) is 23.1 Å². The number of benzene rings is 1. The lowest BCUT2D eigenvalue weighted by Gasteiger charge is -2.13. The average molecular weight is 331 g/mol. The molecule has 7 nitrogen and oxygen atoms in total. The number of rotatable bonds is 10. The van der Waals surface area contributed by atoms with Gasteiger partial charge >= 0.3 is 5.97 Å². The number of carboxylic acid groups (broad SMARTS) is 1. The maximum absolute atomic E-state index is 12.1. The second kappa shape index (κ2) is 8.60. The summed E-state index contributed by atoms with van der Waals surface area (Å²) in [5.74, 6) is -0.120. The van der Waals surface area contributed by atoms with Crippen molar-refractivity contribution in [3.63, 3.8) is 0 Å². The quantitative estimate of drug-likeness (QED) is 0.632. The number of aliphatic carboxylic acids is 1. The van der Waals surface area contributed by atoms with Gasteiger partial charge in [-0.2, -0.15) is 0 Å². The highest BCUT2D eigenvalue weighted by Crippen LogP contribution is 2.30. The molecule has 1 rings (SSSR count). The molecule has 1 aromatic carbocycles. The van der Waals surface area contributed by atoms with E-state index >= 15 is 0 Å². The third-order valence-electron chi connectivity index (χ3n) is 2.68. The third-order valence-corrected chi connectivity index (χ3v) is 4.14. The van der Waals surface area contributed by atoms with Gasteiger partial charge in [0.1, 0.15) is 0 Å². The van der Waals surface area contributed by atoms with Crippen LogP contribution in [0.1, 0.15) is 26.7 Å². The van der Waals surface area contributed by atoms with E-state index in [-0.39, 0.29) is 24.3 Å². The Bertz CT molecular complexity index is 599. The van der Waals surface area contributed by atoms with Crippen LogP contribution in [0.2, 0.25) is 0 Å². The first-order valence-corrected chi connectivity index (χ1v) is 8.50. The zero-order valence-corrected chi connectivity index (χ0v) is 13.5. The number of sulfonamides is 1. The van der Waals surface area contributed by atoms with Gasteiger partial charge in [0.15, 0.2) is 11.5 Å². The molecule has 0 atom stereocenters. The smallest absolute Gasteiger partial charge is 0.303 e. The molecule has 0 amide bonds. The van der Waals surface area contributed by atoms with Crippen LogP contribution in [0.5, 0.6) is 11.5 Å². The van der Waals surface area contributed by atoms with Gasteiger partial charge in [-0.15, -0.1) is 0 Å². The molecule has 0 aromatic heterocycles. The fourth-order valence-electron chi connectivity index (χ4n) is 1.73. The van der Waals surface area contributed by atoms with Crippen molar-refractivity contribution in [2.45, 2.75) is 31.6 Å². The van der Waals surface area contributed by atoms with Crippen LogP contribution >= 0.6 is 0 Å². The molecule has 0 saturated carbocycles. The maximum Gasteiger partial charge on any atom is 0.303 e. The summed E-state index contributed by atoms with van der Waals surface area (Å²) >= 11 is 0. The first-order valence-electron chi connectivity index (χ1n) is 7.01. The Morgan fingerprint density at radius 2 is 1.82 bits per heavy atom. The minimum atomic E-state index is -3.71. The topological polar surface area (TPSA) is 102 Å². The molecule has 0 saturated heterocycles. The summed E-state index contributed by atoms with van der Waals surface area (Å²) in [6.07, 6.45) is 0.139. The van der Waals surface area contributed by atoms with Gasteiger partial charge in [-0.1, -0.05) is 0 Å². The van der Waals surface area contributed by atoms with E-state index in [0.717, 1.165) is 0 Å². The summed E-state index contributed by atoms with van der Waals surface area (Å²) in [6.45, 7) is 4.51. The molecule has 0 radical (unpaired) electrons. The summed E-state index contributed by atoms with van der Waals surface area (Å²) in [6, 6.07) is 4.36. The molecule has 0 spiro atoms. The SMILES string of the molecule is CCOc1ccc(S(=O)(=O)NCCCC(=O)O)cc1OCC. The Labute approximate surface area is 130 Å². The molecule has 0 unspecified atom stereocenters. The van der Waals surface area contributed by atoms with Crippen LogP contribution in [0.3, 0.4) is 0 Å². The lowest BCUT2D eigenvalue weighted by molar-refractivity contribution is -0.137. The van der Waals surface area contributed by atoms with E-state index in [0.29, 0.717) is 24.7 Å². The molecule has 2 N–H and O–H groups in total. The molecule has 0 aliphatic carbocycles. The Morgan fingerprint density at radius 1 is 1.18 bits per heavy atom. The van der Waals surface area contributed by atoms with Crippen LogP contribution in [0, 0.1) is 0 Å². The van der Waals surface area contributed by atoms with Gasteiger partial charge in [0.2, 0.25) is 10.0 Å². The van der Waals surface area contributed by atoms with E-state index in [1.54, 1.807) is 13.0 Å². The van der Waals surface area contributed by atoms with E-state index < -0.39 is 16.0 Å². The highest BCUT2D eigenvalue weighted by atomic mass is 32.2. The summed E-state index contributed by atoms with van der Waals surface area (Å²) in [5, 5.41) is 8.53. The molecule has 8 heteroatoms. The fourth-order valence-corrected chi connectivity index (χ4v) is 2.82. The van der Waals surface area contributed by atoms with Crippen molar-refractivity contribution in [3.05, 3.63) is 18.2 Å². The molecule has 1 aromatic rings. The lowest BCUT2D eigenvalue weighted by Crippen LogP contribution is -2.25. The first-order chi connectivity index (χ1) is 10.4. The number of ether oxygens (including phenoxy) is 2. The summed E-state index contributed by atoms with van der Waals surface area (Å²) in [7, 11) is -3.71. The number of carbonyl (C=O) groups is 1. The molecule has 22 heavy (non-hydrogen) atoms. The van der Waals surface area contributed by atoms with Gasteiger partial charge in [-0.3, -0.25) is 4.79 Å². The van der Waals surface area contributed by atoms with Gasteiger partial charge < -0.3 is 14.6 Å². The zero-order valence-electron chi connectivity index (χ0n) is 12.7. The molecule has 0 aliphatic heterocycles. The van der Waals surface area contributed by atoms with E-state index in [1.807, 2.05) is 6.92 Å². The van der Waals surface area contributed by atoms with Gasteiger partial charge in [-0.25, -0.2) is 13.1 Å². The molecule has 124 valence electrons. The van der Waals surface area contributed by atoms with Gasteiger partial charge in [0, 0.05) is 19.0 Å². The molecule has 0 aliphatic rings. The average Bonchev–Trinajstić information content (AvgIpc) is 2.46. The molecule has 0 bridgehead atoms. The summed E-state index contributed by atoms with van der Waals surface area (Å²) in [5.41, 5.74) is 0. The standard InChI is InChI=1S/C14H21NO6S/c1-3-20-12-8-7-11(10-13(12)21-4-2)22(18,19)15-9-5-6-14(16)17/h7-8,10,15H,3-6,9H2,1-2H3,(H,16,17). The van der Waals surface area contributed by atoms with Gasteiger partial charge in [-0.05, 0) is 32.4 Å². The normalized spacial score (nSPS) is 11.2. The Balaban J connectivity index is 2.85. The van der Waals surface area contributed by atoms with Crippen molar-refractivity contribution < 1.29 is 27.8 Å². The van der Waals surface area contributed by atoms with E-state index in [9.17, 15) is 13.2 Å². The van der Waals surface area contributed by atoms with Gasteiger partial charge in [0.05, 0.1) is 18.1 Å². The van der Waals surface area contributed by atoms with Crippen molar-refractivity contribution in [2.75, 3.05) is 19.8 Å². The van der Waals surface area contributed by atoms with Crippen molar-refractivity contribution in [3.8, 4) is 11.5 Å². The largest absolute Gasteiger partial charge is 0.490 e. The van der Waals surface area contributed by atoms with Crippen LogP contribution < -0.4 is 14.2 Å². The molecule has 0 heterocycles. The number of carboxylic acids is 1. The van der Waals surface area contributed by atoms with E-state index in [1.165, 1.54) is 12.1 Å². The second-order valence-electron chi connectivity index (χ2n) is 4.37. The highest BCUT2D eigenvalue weighted by Gasteiger charge is 2.17. The minimum Gasteiger partial charge on any atom is -0.490 e. The van der Waals surface area contributed by atoms with Crippen LogP contribution in [0.4, 0.5) is 0 Å². The van der Waals surface area contributed by atoms with E-state index in [4.69, 9.17) is 14.6 Å². The fraction of sp³-hybridized carbons (Fsp3) is 0.500. The molecular weight excluding hydrogens is 310 g/mol. The minimum absolute atomic E-state index is 0.0507. The van der Waals surface area contributed by atoms with Crippen LogP contribution in [-0.2, 0) is 14.8 Å².